The van der Waals surface area contributed by atoms with Gasteiger partial charge in [0, 0.05) is 18.9 Å². The Kier molecular flexibility index (Phi) is 5.66. The molecule has 3 rings (SSSR count). The molecule has 0 unspecified atom stereocenters. The van der Waals surface area contributed by atoms with Crippen LogP contribution < -0.4 is 10.6 Å². The van der Waals surface area contributed by atoms with Gasteiger partial charge in [0.1, 0.15) is 18.0 Å². The maximum Gasteiger partial charge on any atom is 0.224 e. The van der Waals surface area contributed by atoms with Gasteiger partial charge < -0.3 is 10.6 Å². The van der Waals surface area contributed by atoms with Crippen LogP contribution in [0, 0.1) is 0 Å². The lowest BCUT2D eigenvalue weighted by molar-refractivity contribution is 0.759. The Hall–Kier alpha value is -3.02. The minimum absolute atomic E-state index is 0.619. The average Bonchev–Trinajstić information content (AvgIpc) is 2.63. The molecule has 0 radical (unpaired) electrons. The van der Waals surface area contributed by atoms with Crippen molar-refractivity contribution < 1.29 is 0 Å². The van der Waals surface area contributed by atoms with Crippen LogP contribution in [0.5, 0.6) is 0 Å². The molecule has 6 heteroatoms. The second-order valence-corrected chi connectivity index (χ2v) is 5.35. The highest BCUT2D eigenvalue weighted by Crippen LogP contribution is 2.12. The highest BCUT2D eigenvalue weighted by Gasteiger charge is 2.00. The van der Waals surface area contributed by atoms with Gasteiger partial charge in [0.25, 0.3) is 0 Å². The van der Waals surface area contributed by atoms with Crippen LogP contribution in [0.15, 0.2) is 61.2 Å². The van der Waals surface area contributed by atoms with Crippen LogP contribution >= 0.6 is 0 Å². The summed E-state index contributed by atoms with van der Waals surface area (Å²) in [7, 11) is 0. The summed E-state index contributed by atoms with van der Waals surface area (Å²) in [5.41, 5.74) is 1.38. The predicted molar refractivity (Wildman–Crippen MR) is 95.2 cm³/mol. The van der Waals surface area contributed by atoms with E-state index >= 15 is 0 Å². The first-order valence-electron chi connectivity index (χ1n) is 8.04. The lowest BCUT2D eigenvalue weighted by atomic mass is 10.1. The fourth-order valence-corrected chi connectivity index (χ4v) is 2.31. The van der Waals surface area contributed by atoms with Crippen molar-refractivity contribution in [2.24, 2.45) is 0 Å². The molecule has 0 aliphatic carbocycles. The summed E-state index contributed by atoms with van der Waals surface area (Å²) < 4.78 is 0. The van der Waals surface area contributed by atoms with Gasteiger partial charge in [-0.2, -0.15) is 4.98 Å². The molecule has 24 heavy (non-hydrogen) atoms. The molecule has 0 aliphatic rings. The van der Waals surface area contributed by atoms with Crippen molar-refractivity contribution in [3.8, 4) is 0 Å². The number of nitrogens with zero attached hydrogens (tertiary/aromatic N) is 4. The summed E-state index contributed by atoms with van der Waals surface area (Å²) in [6.07, 6.45) is 8.21. The third kappa shape index (κ3) is 5.01. The van der Waals surface area contributed by atoms with Gasteiger partial charge in [0.2, 0.25) is 5.95 Å². The summed E-state index contributed by atoms with van der Waals surface area (Å²) >= 11 is 0. The summed E-state index contributed by atoms with van der Waals surface area (Å²) in [5.74, 6) is 2.03. The molecule has 2 heterocycles. The first-order valence-corrected chi connectivity index (χ1v) is 8.04. The molecular weight excluding hydrogens is 300 g/mol. The van der Waals surface area contributed by atoms with E-state index in [2.05, 4.69) is 54.8 Å². The third-order valence-electron chi connectivity index (χ3n) is 3.51. The van der Waals surface area contributed by atoms with Gasteiger partial charge in [-0.3, -0.25) is 0 Å². The first-order chi connectivity index (χ1) is 11.9. The van der Waals surface area contributed by atoms with E-state index in [-0.39, 0.29) is 0 Å². The van der Waals surface area contributed by atoms with Crippen molar-refractivity contribution in [2.75, 3.05) is 17.2 Å². The summed E-state index contributed by atoms with van der Waals surface area (Å²) in [6, 6.07) is 14.1. The number of nitrogens with one attached hydrogen (secondary N) is 2. The van der Waals surface area contributed by atoms with E-state index in [0.717, 1.165) is 25.8 Å². The second-order valence-electron chi connectivity index (χ2n) is 5.35. The van der Waals surface area contributed by atoms with Crippen LogP contribution in [-0.4, -0.2) is 26.5 Å². The molecule has 1 aromatic carbocycles. The largest absolute Gasteiger partial charge is 0.354 e. The normalized spacial score (nSPS) is 10.3. The van der Waals surface area contributed by atoms with E-state index in [1.165, 1.54) is 11.9 Å². The fraction of sp³-hybridized carbons (Fsp3) is 0.222. The molecule has 0 saturated heterocycles. The second kappa shape index (κ2) is 8.57. The van der Waals surface area contributed by atoms with E-state index in [1.54, 1.807) is 18.5 Å². The van der Waals surface area contributed by atoms with Gasteiger partial charge in [0.05, 0.1) is 0 Å². The van der Waals surface area contributed by atoms with Crippen LogP contribution in [0.1, 0.15) is 18.4 Å². The molecule has 0 bridgehead atoms. The zero-order valence-corrected chi connectivity index (χ0v) is 13.4. The van der Waals surface area contributed by atoms with Gasteiger partial charge in [-0.1, -0.05) is 30.3 Å². The van der Waals surface area contributed by atoms with Crippen molar-refractivity contribution in [1.29, 1.82) is 0 Å². The van der Waals surface area contributed by atoms with Crippen LogP contribution in [0.3, 0.4) is 0 Å². The van der Waals surface area contributed by atoms with Crippen LogP contribution in [0.25, 0.3) is 0 Å². The van der Waals surface area contributed by atoms with Crippen LogP contribution in [-0.2, 0) is 6.42 Å². The number of hydrogen-bond acceptors (Lipinski definition) is 6. The molecule has 0 saturated carbocycles. The summed E-state index contributed by atoms with van der Waals surface area (Å²) in [4.78, 5) is 16.7. The van der Waals surface area contributed by atoms with Crippen molar-refractivity contribution in [3.63, 3.8) is 0 Å². The molecule has 0 amide bonds. The van der Waals surface area contributed by atoms with E-state index in [9.17, 15) is 0 Å². The number of aromatic nitrogens is 4. The molecule has 122 valence electrons. The molecule has 3 aromatic rings. The van der Waals surface area contributed by atoms with E-state index in [1.807, 2.05) is 12.1 Å². The highest BCUT2D eigenvalue weighted by atomic mass is 15.2. The van der Waals surface area contributed by atoms with Crippen LogP contribution in [0.4, 0.5) is 17.6 Å². The van der Waals surface area contributed by atoms with Gasteiger partial charge in [-0.25, -0.2) is 15.0 Å². The highest BCUT2D eigenvalue weighted by molar-refractivity contribution is 5.51. The Morgan fingerprint density at radius 3 is 2.54 bits per heavy atom. The summed E-state index contributed by atoms with van der Waals surface area (Å²) in [5, 5.41) is 6.39. The Morgan fingerprint density at radius 1 is 0.833 bits per heavy atom. The van der Waals surface area contributed by atoms with E-state index in [4.69, 9.17) is 0 Å². The molecule has 0 spiro atoms. The van der Waals surface area contributed by atoms with E-state index < -0.39 is 0 Å². The van der Waals surface area contributed by atoms with Gasteiger partial charge in [-0.15, -0.1) is 0 Å². The van der Waals surface area contributed by atoms with Crippen LogP contribution in [0.2, 0.25) is 0 Å². The number of rotatable bonds is 8. The molecule has 2 N–H and O–H groups in total. The number of anilines is 3. The van der Waals surface area contributed by atoms with Crippen molar-refractivity contribution >= 4 is 17.6 Å². The lowest BCUT2D eigenvalue weighted by Gasteiger charge is -2.07. The van der Waals surface area contributed by atoms with Gasteiger partial charge in [-0.05, 0) is 37.0 Å². The lowest BCUT2D eigenvalue weighted by Crippen LogP contribution is -2.07. The predicted octanol–water partition coefficient (Wildman–Crippen LogP) is 3.45. The van der Waals surface area contributed by atoms with Gasteiger partial charge >= 0.3 is 0 Å². The quantitative estimate of drug-likeness (QED) is 0.619. The molecular formula is C18H20N6. The minimum Gasteiger partial charge on any atom is -0.354 e. The maximum absolute atomic E-state index is 4.43. The molecule has 0 fully saturated rings. The van der Waals surface area contributed by atoms with Gasteiger partial charge in [0.15, 0.2) is 0 Å². The zero-order chi connectivity index (χ0) is 16.5. The fourth-order valence-electron chi connectivity index (χ4n) is 2.31. The third-order valence-corrected chi connectivity index (χ3v) is 3.51. The average molecular weight is 320 g/mol. The standard InChI is InChI=1S/C18H20N6/c1-2-6-15(7-3-1)8-4-5-11-20-18-21-13-10-17(24-18)23-16-9-12-19-14-22-16/h1-3,6-7,9-10,12-14H,4-5,8,11H2,(H2,19,20,21,22,23,24). The minimum atomic E-state index is 0.619. The maximum atomic E-state index is 4.43. The number of unbranched alkanes of at least 4 members (excludes halogenated alkanes) is 1. The topological polar surface area (TPSA) is 75.6 Å². The van der Waals surface area contributed by atoms with E-state index in [0.29, 0.717) is 17.6 Å². The molecule has 2 aromatic heterocycles. The Balaban J connectivity index is 1.43. The molecule has 0 atom stereocenters. The number of benzene rings is 1. The number of aryl methyl sites for hydroxylation is 1. The van der Waals surface area contributed by atoms with Crippen molar-refractivity contribution in [3.05, 3.63) is 66.7 Å². The monoisotopic (exact) mass is 320 g/mol. The number of hydrogen-bond donors (Lipinski definition) is 2. The zero-order valence-electron chi connectivity index (χ0n) is 13.4. The smallest absolute Gasteiger partial charge is 0.224 e. The first kappa shape index (κ1) is 15.9. The van der Waals surface area contributed by atoms with Crippen molar-refractivity contribution in [1.82, 2.24) is 19.9 Å². The Morgan fingerprint density at radius 2 is 1.71 bits per heavy atom. The molecule has 0 aliphatic heterocycles. The molecule has 6 nitrogen and oxygen atoms in total. The Labute approximate surface area is 141 Å². The summed E-state index contributed by atoms with van der Waals surface area (Å²) in [6.45, 7) is 0.851. The van der Waals surface area contributed by atoms with Crippen molar-refractivity contribution in [2.45, 2.75) is 19.3 Å². The SMILES string of the molecule is c1ccc(CCCCNc2nccc(Nc3ccncn3)n2)cc1. The Bertz CT molecular complexity index is 733.